The van der Waals surface area contributed by atoms with Crippen LogP contribution in [0.15, 0.2) is 29.2 Å². The molecule has 1 fully saturated rings. The van der Waals surface area contributed by atoms with Gasteiger partial charge in [-0.3, -0.25) is 0 Å². The Morgan fingerprint density at radius 1 is 1.23 bits per heavy atom. The van der Waals surface area contributed by atoms with E-state index in [4.69, 9.17) is 5.73 Å². The minimum absolute atomic E-state index is 0.310. The first-order valence-corrected chi connectivity index (χ1v) is 5.75. The average Bonchev–Trinajstić information content (AvgIpc) is 2.88. The number of hydrogen-bond donors (Lipinski definition) is 1. The van der Waals surface area contributed by atoms with Gasteiger partial charge in [-0.15, -0.1) is 11.8 Å². The Labute approximate surface area is 82.7 Å². The Bertz CT molecular complexity index is 333. The van der Waals surface area contributed by atoms with E-state index >= 15 is 0 Å². The summed E-state index contributed by atoms with van der Waals surface area (Å²) in [7, 11) is 0. The molecular formula is C11H13NS. The Morgan fingerprint density at radius 2 is 2.00 bits per heavy atom. The molecule has 1 aliphatic carbocycles. The zero-order chi connectivity index (χ0) is 8.84. The van der Waals surface area contributed by atoms with Crippen molar-refractivity contribution >= 4 is 11.8 Å². The van der Waals surface area contributed by atoms with Crippen molar-refractivity contribution in [3.63, 3.8) is 0 Å². The molecule has 0 bridgehead atoms. The van der Waals surface area contributed by atoms with Crippen molar-refractivity contribution in [1.29, 1.82) is 0 Å². The Hall–Kier alpha value is -0.470. The largest absolute Gasteiger partial charge is 0.319 e. The Kier molecular flexibility index (Phi) is 1.67. The maximum Gasteiger partial charge on any atom is 0.0627 e. The smallest absolute Gasteiger partial charge is 0.0627 e. The quantitative estimate of drug-likeness (QED) is 0.738. The molecule has 1 heterocycles. The van der Waals surface area contributed by atoms with Crippen LogP contribution in [0, 0.1) is 5.92 Å². The summed E-state index contributed by atoms with van der Waals surface area (Å²) in [6, 6.07) is 8.68. The summed E-state index contributed by atoms with van der Waals surface area (Å²) in [5, 5.41) is 0.310. The first-order chi connectivity index (χ1) is 6.36. The molecule has 1 nitrogen and oxygen atoms in total. The predicted octanol–water partition coefficient (Wildman–Crippen LogP) is 2.57. The van der Waals surface area contributed by atoms with Crippen molar-refractivity contribution in [3.05, 3.63) is 29.8 Å². The highest BCUT2D eigenvalue weighted by molar-refractivity contribution is 8.00. The average molecular weight is 191 g/mol. The number of benzene rings is 1. The van der Waals surface area contributed by atoms with Crippen LogP contribution in [0.5, 0.6) is 0 Å². The van der Waals surface area contributed by atoms with Gasteiger partial charge < -0.3 is 5.73 Å². The summed E-state index contributed by atoms with van der Waals surface area (Å²) < 4.78 is 0. The molecular weight excluding hydrogens is 178 g/mol. The van der Waals surface area contributed by atoms with E-state index in [1.165, 1.54) is 23.3 Å². The summed E-state index contributed by atoms with van der Waals surface area (Å²) in [6.07, 6.45) is 2.76. The highest BCUT2D eigenvalue weighted by atomic mass is 32.2. The van der Waals surface area contributed by atoms with Crippen LogP contribution >= 0.6 is 11.8 Å². The molecule has 2 N–H and O–H groups in total. The van der Waals surface area contributed by atoms with Crippen molar-refractivity contribution in [2.75, 3.05) is 0 Å². The lowest BCUT2D eigenvalue weighted by Gasteiger charge is -2.13. The van der Waals surface area contributed by atoms with E-state index in [0.29, 0.717) is 11.3 Å². The molecule has 1 aromatic carbocycles. The third-order valence-electron chi connectivity index (χ3n) is 3.02. The fraction of sp³-hybridized carbons (Fsp3) is 0.455. The lowest BCUT2D eigenvalue weighted by Crippen LogP contribution is -2.21. The molecule has 1 saturated carbocycles. The van der Waals surface area contributed by atoms with Crippen LogP contribution in [0.1, 0.15) is 24.3 Å². The van der Waals surface area contributed by atoms with E-state index in [9.17, 15) is 0 Å². The second-order valence-electron chi connectivity index (χ2n) is 3.98. The fourth-order valence-electron chi connectivity index (χ4n) is 2.24. The first-order valence-electron chi connectivity index (χ1n) is 4.87. The number of rotatable bonds is 1. The van der Waals surface area contributed by atoms with E-state index in [-0.39, 0.29) is 0 Å². The number of thioether (sulfide) groups is 1. The molecule has 2 unspecified atom stereocenters. The van der Waals surface area contributed by atoms with Gasteiger partial charge in [0.15, 0.2) is 0 Å². The Morgan fingerprint density at radius 3 is 2.77 bits per heavy atom. The van der Waals surface area contributed by atoms with Crippen LogP contribution in [0.4, 0.5) is 0 Å². The van der Waals surface area contributed by atoms with E-state index in [0.717, 1.165) is 5.92 Å². The van der Waals surface area contributed by atoms with Crippen molar-refractivity contribution in [2.24, 2.45) is 11.7 Å². The van der Waals surface area contributed by atoms with Crippen LogP contribution in [0.25, 0.3) is 0 Å². The lowest BCUT2D eigenvalue weighted by molar-refractivity contribution is 0.593. The van der Waals surface area contributed by atoms with Gasteiger partial charge in [-0.25, -0.2) is 0 Å². The van der Waals surface area contributed by atoms with Crippen LogP contribution in [-0.2, 0) is 0 Å². The first kappa shape index (κ1) is 7.89. The molecule has 1 aliphatic heterocycles. The third-order valence-corrected chi connectivity index (χ3v) is 4.22. The van der Waals surface area contributed by atoms with Crippen LogP contribution < -0.4 is 5.73 Å². The third kappa shape index (κ3) is 1.20. The second-order valence-corrected chi connectivity index (χ2v) is 5.20. The molecule has 1 aromatic rings. The summed E-state index contributed by atoms with van der Waals surface area (Å²) in [4.78, 5) is 1.41. The molecule has 68 valence electrons. The van der Waals surface area contributed by atoms with Crippen LogP contribution in [0.2, 0.25) is 0 Å². The topological polar surface area (TPSA) is 26.0 Å². The second kappa shape index (κ2) is 2.76. The van der Waals surface area contributed by atoms with E-state index in [1.807, 2.05) is 11.8 Å². The molecule has 0 saturated heterocycles. The number of nitrogens with two attached hydrogens (primary N) is 1. The van der Waals surface area contributed by atoms with Gasteiger partial charge in [0.05, 0.1) is 5.37 Å². The molecule has 0 aromatic heterocycles. The van der Waals surface area contributed by atoms with Crippen LogP contribution in [-0.4, -0.2) is 5.37 Å². The zero-order valence-corrected chi connectivity index (χ0v) is 8.26. The summed E-state index contributed by atoms with van der Waals surface area (Å²) in [6.45, 7) is 0. The van der Waals surface area contributed by atoms with Crippen LogP contribution in [0.3, 0.4) is 0 Å². The lowest BCUT2D eigenvalue weighted by atomic mass is 9.94. The van der Waals surface area contributed by atoms with Gasteiger partial charge >= 0.3 is 0 Å². The molecule has 0 amide bonds. The summed E-state index contributed by atoms with van der Waals surface area (Å²) >= 11 is 1.85. The molecule has 0 spiro atoms. The molecule has 3 rings (SSSR count). The van der Waals surface area contributed by atoms with Crippen molar-refractivity contribution in [2.45, 2.75) is 29.0 Å². The van der Waals surface area contributed by atoms with Gasteiger partial charge in [0.25, 0.3) is 0 Å². The Balaban J connectivity index is 2.03. The minimum Gasteiger partial charge on any atom is -0.319 e. The highest BCUT2D eigenvalue weighted by Gasteiger charge is 2.41. The molecule has 0 radical (unpaired) electrons. The van der Waals surface area contributed by atoms with Gasteiger partial charge in [-0.05, 0) is 30.4 Å². The summed E-state index contributed by atoms with van der Waals surface area (Å²) in [5.74, 6) is 1.52. The van der Waals surface area contributed by atoms with Gasteiger partial charge in [-0.2, -0.15) is 0 Å². The molecule has 13 heavy (non-hydrogen) atoms. The SMILES string of the molecule is NC1Sc2ccccc2C1C1CC1. The van der Waals surface area contributed by atoms with E-state index in [1.54, 1.807) is 0 Å². The van der Waals surface area contributed by atoms with Crippen molar-refractivity contribution in [1.82, 2.24) is 0 Å². The number of fused-ring (bicyclic) bond motifs is 1. The maximum absolute atomic E-state index is 6.13. The highest BCUT2D eigenvalue weighted by Crippen LogP contribution is 2.53. The molecule has 2 aliphatic rings. The maximum atomic E-state index is 6.13. The molecule has 2 atom stereocenters. The zero-order valence-electron chi connectivity index (χ0n) is 7.44. The van der Waals surface area contributed by atoms with Crippen molar-refractivity contribution < 1.29 is 0 Å². The van der Waals surface area contributed by atoms with Gasteiger partial charge in [0, 0.05) is 10.8 Å². The monoisotopic (exact) mass is 191 g/mol. The standard InChI is InChI=1S/C11H13NS/c12-11-10(7-5-6-7)8-3-1-2-4-9(8)13-11/h1-4,7,10-11H,5-6,12H2. The summed E-state index contributed by atoms with van der Waals surface area (Å²) in [5.41, 5.74) is 7.64. The van der Waals surface area contributed by atoms with E-state index in [2.05, 4.69) is 24.3 Å². The fourth-order valence-corrected chi connectivity index (χ4v) is 3.54. The van der Waals surface area contributed by atoms with Crippen molar-refractivity contribution in [3.8, 4) is 0 Å². The number of hydrogen-bond acceptors (Lipinski definition) is 2. The normalized spacial score (nSPS) is 31.8. The minimum atomic E-state index is 0.310. The molecule has 2 heteroatoms. The van der Waals surface area contributed by atoms with Gasteiger partial charge in [0.2, 0.25) is 0 Å². The van der Waals surface area contributed by atoms with Gasteiger partial charge in [-0.1, -0.05) is 18.2 Å². The van der Waals surface area contributed by atoms with Gasteiger partial charge in [0.1, 0.15) is 0 Å². The van der Waals surface area contributed by atoms with E-state index < -0.39 is 0 Å². The predicted molar refractivity (Wildman–Crippen MR) is 55.7 cm³/mol.